The van der Waals surface area contributed by atoms with E-state index in [2.05, 4.69) is 9.93 Å². The van der Waals surface area contributed by atoms with Crippen LogP contribution in [0, 0.1) is 6.92 Å². The van der Waals surface area contributed by atoms with Gasteiger partial charge in [-0.3, -0.25) is 0 Å². The van der Waals surface area contributed by atoms with Crippen molar-refractivity contribution in [3.8, 4) is 0 Å². The highest BCUT2D eigenvalue weighted by Gasteiger charge is 2.12. The molecule has 146 valence electrons. The molecule has 3 rings (SSSR count). The van der Waals surface area contributed by atoms with Gasteiger partial charge in [-0.2, -0.15) is 18.4 Å². The van der Waals surface area contributed by atoms with Crippen LogP contribution in [0.25, 0.3) is 12.2 Å². The number of hydrogen-bond acceptors (Lipinski definition) is 3. The van der Waals surface area contributed by atoms with Gasteiger partial charge < -0.3 is 0 Å². The van der Waals surface area contributed by atoms with Crippen molar-refractivity contribution in [1.82, 2.24) is 4.83 Å². The Bertz CT molecular complexity index is 1070. The monoisotopic (exact) mass is 402 g/mol. The van der Waals surface area contributed by atoms with Crippen LogP contribution in [0.1, 0.15) is 16.7 Å². The molecular formula is C24H22N2O2S. The second kappa shape index (κ2) is 9.66. The van der Waals surface area contributed by atoms with Crippen LogP contribution in [0.5, 0.6) is 0 Å². The Labute approximate surface area is 172 Å². The molecule has 0 fully saturated rings. The van der Waals surface area contributed by atoms with Crippen molar-refractivity contribution in [2.75, 3.05) is 0 Å². The number of rotatable bonds is 7. The van der Waals surface area contributed by atoms with E-state index >= 15 is 0 Å². The van der Waals surface area contributed by atoms with E-state index < -0.39 is 10.0 Å². The average Bonchev–Trinajstić information content (AvgIpc) is 2.75. The van der Waals surface area contributed by atoms with E-state index in [0.717, 1.165) is 16.7 Å². The zero-order valence-electron chi connectivity index (χ0n) is 16.1. The zero-order valence-corrected chi connectivity index (χ0v) is 16.9. The first-order valence-electron chi connectivity index (χ1n) is 9.15. The molecule has 29 heavy (non-hydrogen) atoms. The fourth-order valence-corrected chi connectivity index (χ4v) is 3.33. The third-order valence-corrected chi connectivity index (χ3v) is 5.34. The summed E-state index contributed by atoms with van der Waals surface area (Å²) >= 11 is 0. The summed E-state index contributed by atoms with van der Waals surface area (Å²) in [6.45, 7) is 1.91. The molecule has 4 nitrogen and oxygen atoms in total. The van der Waals surface area contributed by atoms with Crippen molar-refractivity contribution in [2.24, 2.45) is 5.10 Å². The minimum absolute atomic E-state index is 0.172. The number of aryl methyl sites for hydroxylation is 1. The van der Waals surface area contributed by atoms with Gasteiger partial charge in [0.15, 0.2) is 0 Å². The van der Waals surface area contributed by atoms with Crippen molar-refractivity contribution in [3.05, 3.63) is 114 Å². The van der Waals surface area contributed by atoms with Gasteiger partial charge >= 0.3 is 0 Å². The van der Waals surface area contributed by atoms with Crippen molar-refractivity contribution >= 4 is 27.9 Å². The molecule has 1 N–H and O–H groups in total. The number of sulfonamides is 1. The molecule has 0 radical (unpaired) electrons. The Morgan fingerprint density at radius 2 is 1.24 bits per heavy atom. The Balaban J connectivity index is 1.85. The molecule has 0 spiro atoms. The van der Waals surface area contributed by atoms with Crippen LogP contribution in [0.2, 0.25) is 0 Å². The molecular weight excluding hydrogens is 380 g/mol. The smallest absolute Gasteiger partial charge is 0.200 e. The maximum Gasteiger partial charge on any atom is 0.276 e. The summed E-state index contributed by atoms with van der Waals surface area (Å²) in [6.07, 6.45) is 7.31. The molecule has 0 saturated heterocycles. The maximum absolute atomic E-state index is 12.5. The van der Waals surface area contributed by atoms with Gasteiger partial charge in [0, 0.05) is 0 Å². The highest BCUT2D eigenvalue weighted by atomic mass is 32.2. The molecule has 0 aliphatic rings. The first-order chi connectivity index (χ1) is 14.0. The zero-order chi connectivity index (χ0) is 20.5. The summed E-state index contributed by atoms with van der Waals surface area (Å²) in [5.41, 5.74) is 3.46. The standard InChI is InChI=1S/C24H22N2O2S/c1-20-12-18-24(19-13-20)29(27,28)26-25-23(16-14-21-8-4-2-5-9-21)17-15-22-10-6-3-7-11-22/h2-19,26H,1H3/b16-14+,17-15?,25-23?. The van der Waals surface area contributed by atoms with Gasteiger partial charge in [0.1, 0.15) is 0 Å². The quantitative estimate of drug-likeness (QED) is 0.444. The van der Waals surface area contributed by atoms with E-state index in [0.29, 0.717) is 5.71 Å². The van der Waals surface area contributed by atoms with Crippen molar-refractivity contribution < 1.29 is 8.42 Å². The van der Waals surface area contributed by atoms with Crippen molar-refractivity contribution in [3.63, 3.8) is 0 Å². The van der Waals surface area contributed by atoms with Crippen LogP contribution >= 0.6 is 0 Å². The first kappa shape index (κ1) is 20.3. The van der Waals surface area contributed by atoms with E-state index in [4.69, 9.17) is 0 Å². The topological polar surface area (TPSA) is 58.5 Å². The molecule has 0 unspecified atom stereocenters. The number of hydrazone groups is 1. The van der Waals surface area contributed by atoms with Crippen LogP contribution < -0.4 is 4.83 Å². The highest BCUT2D eigenvalue weighted by molar-refractivity contribution is 7.89. The van der Waals surface area contributed by atoms with Gasteiger partial charge in [-0.1, -0.05) is 90.5 Å². The molecule has 0 bridgehead atoms. The minimum Gasteiger partial charge on any atom is -0.200 e. The van der Waals surface area contributed by atoms with E-state index in [9.17, 15) is 8.42 Å². The molecule has 0 heterocycles. The number of allylic oxidation sites excluding steroid dienone is 2. The summed E-state index contributed by atoms with van der Waals surface area (Å²) in [7, 11) is -3.74. The lowest BCUT2D eigenvalue weighted by Gasteiger charge is -2.04. The van der Waals surface area contributed by atoms with Gasteiger partial charge in [-0.05, 0) is 42.3 Å². The predicted molar refractivity (Wildman–Crippen MR) is 120 cm³/mol. The molecule has 3 aromatic rings. The molecule has 0 aromatic heterocycles. The van der Waals surface area contributed by atoms with Crippen LogP contribution in [0.3, 0.4) is 0 Å². The van der Waals surface area contributed by atoms with E-state index in [1.807, 2.05) is 79.7 Å². The average molecular weight is 403 g/mol. The van der Waals surface area contributed by atoms with Crippen LogP contribution in [0.15, 0.2) is 107 Å². The molecule has 3 aromatic carbocycles. The molecule has 5 heteroatoms. The van der Waals surface area contributed by atoms with E-state index in [1.165, 1.54) is 0 Å². The molecule has 0 amide bonds. The van der Waals surface area contributed by atoms with Gasteiger partial charge in [0.2, 0.25) is 0 Å². The van der Waals surface area contributed by atoms with Crippen LogP contribution in [0.4, 0.5) is 0 Å². The van der Waals surface area contributed by atoms with Gasteiger partial charge in [0.05, 0.1) is 10.6 Å². The molecule has 0 atom stereocenters. The lowest BCUT2D eigenvalue weighted by molar-refractivity contribution is 0.584. The van der Waals surface area contributed by atoms with E-state index in [-0.39, 0.29) is 4.90 Å². The summed E-state index contributed by atoms with van der Waals surface area (Å²) in [4.78, 5) is 2.50. The molecule has 0 aliphatic carbocycles. The number of benzene rings is 3. The number of nitrogens with zero attached hydrogens (tertiary/aromatic N) is 1. The summed E-state index contributed by atoms with van der Waals surface area (Å²) in [5, 5.41) is 4.13. The maximum atomic E-state index is 12.5. The molecule has 0 aliphatic heterocycles. The van der Waals surface area contributed by atoms with Gasteiger partial charge in [-0.15, -0.1) is 0 Å². The normalized spacial score (nSPS) is 12.5. The summed E-state index contributed by atoms with van der Waals surface area (Å²) < 4.78 is 25.1. The van der Waals surface area contributed by atoms with E-state index in [1.54, 1.807) is 36.4 Å². The summed E-state index contributed by atoms with van der Waals surface area (Å²) in [5.74, 6) is 0. The third-order valence-electron chi connectivity index (χ3n) is 4.12. The van der Waals surface area contributed by atoms with Crippen molar-refractivity contribution in [1.29, 1.82) is 0 Å². The second-order valence-corrected chi connectivity index (χ2v) is 8.09. The number of nitrogens with one attached hydrogen (secondary N) is 1. The SMILES string of the molecule is Cc1ccc(S(=O)(=O)NN=C(C=Cc2ccccc2)/C=C/c2ccccc2)cc1. The summed E-state index contributed by atoms with van der Waals surface area (Å²) in [6, 6.07) is 26.1. The van der Waals surface area contributed by atoms with Crippen LogP contribution in [-0.4, -0.2) is 14.1 Å². The first-order valence-corrected chi connectivity index (χ1v) is 10.6. The third kappa shape index (κ3) is 6.30. The Kier molecular flexibility index (Phi) is 6.76. The highest BCUT2D eigenvalue weighted by Crippen LogP contribution is 2.10. The van der Waals surface area contributed by atoms with Gasteiger partial charge in [0.25, 0.3) is 10.0 Å². The minimum atomic E-state index is -3.74. The lowest BCUT2D eigenvalue weighted by atomic mass is 10.1. The Hall–Kier alpha value is -3.44. The molecule has 0 saturated carbocycles. The Morgan fingerprint density at radius 3 is 1.72 bits per heavy atom. The fraction of sp³-hybridized carbons (Fsp3) is 0.0417. The fourth-order valence-electron chi connectivity index (χ4n) is 2.50. The number of hydrogen-bond donors (Lipinski definition) is 1. The van der Waals surface area contributed by atoms with Crippen LogP contribution in [-0.2, 0) is 10.0 Å². The van der Waals surface area contributed by atoms with Crippen molar-refractivity contribution in [2.45, 2.75) is 11.8 Å². The second-order valence-electron chi connectivity index (χ2n) is 6.43. The Morgan fingerprint density at radius 1 is 0.759 bits per heavy atom. The van der Waals surface area contributed by atoms with Gasteiger partial charge in [-0.25, -0.2) is 0 Å². The predicted octanol–water partition coefficient (Wildman–Crippen LogP) is 5.06. The lowest BCUT2D eigenvalue weighted by Crippen LogP contribution is -2.19. The largest absolute Gasteiger partial charge is 0.276 e.